The Morgan fingerprint density at radius 1 is 1.22 bits per heavy atom. The van der Waals surface area contributed by atoms with Gasteiger partial charge in [0.1, 0.15) is 11.7 Å². The lowest BCUT2D eigenvalue weighted by Crippen LogP contribution is -2.50. The molecule has 27 heavy (non-hydrogen) atoms. The van der Waals surface area contributed by atoms with Crippen molar-refractivity contribution in [2.45, 2.75) is 29.8 Å². The SMILES string of the molecule is N=C(NS(=O)(=O)c1ccc(F)cc1)[C@@H]1CC[C@@H]2CN1C(=O)N2OS(=O)(=O)O. The van der Waals surface area contributed by atoms with Crippen molar-refractivity contribution in [1.29, 1.82) is 5.41 Å². The molecule has 3 N–H and O–H groups in total. The van der Waals surface area contributed by atoms with Gasteiger partial charge in [-0.15, -0.1) is 4.28 Å². The van der Waals surface area contributed by atoms with E-state index in [1.165, 1.54) is 0 Å². The summed E-state index contributed by atoms with van der Waals surface area (Å²) < 4.78 is 74.4. The van der Waals surface area contributed by atoms with E-state index in [-0.39, 0.29) is 24.3 Å². The number of benzene rings is 1. The van der Waals surface area contributed by atoms with Crippen LogP contribution in [0.5, 0.6) is 0 Å². The number of halogens is 1. The fourth-order valence-electron chi connectivity index (χ4n) is 3.02. The molecule has 2 aliphatic heterocycles. The Morgan fingerprint density at radius 3 is 2.44 bits per heavy atom. The van der Waals surface area contributed by atoms with Crippen molar-refractivity contribution in [1.82, 2.24) is 14.7 Å². The fraction of sp³-hybridized carbons (Fsp3) is 0.385. The molecule has 0 unspecified atom stereocenters. The van der Waals surface area contributed by atoms with Crippen molar-refractivity contribution < 1.29 is 34.9 Å². The van der Waals surface area contributed by atoms with E-state index in [9.17, 15) is 26.0 Å². The average Bonchev–Trinajstić information content (AvgIpc) is 2.78. The van der Waals surface area contributed by atoms with Crippen LogP contribution in [0.3, 0.4) is 0 Å². The molecule has 2 atom stereocenters. The number of hydrogen-bond donors (Lipinski definition) is 3. The number of sulfonamides is 1. The van der Waals surface area contributed by atoms with Gasteiger partial charge in [-0.1, -0.05) is 0 Å². The molecule has 11 nitrogen and oxygen atoms in total. The largest absolute Gasteiger partial charge is 0.418 e. The third kappa shape index (κ3) is 4.02. The summed E-state index contributed by atoms with van der Waals surface area (Å²) >= 11 is 0. The van der Waals surface area contributed by atoms with E-state index in [1.807, 2.05) is 4.72 Å². The lowest BCUT2D eigenvalue weighted by molar-refractivity contribution is -0.0316. The van der Waals surface area contributed by atoms with Gasteiger partial charge in [0.2, 0.25) is 0 Å². The summed E-state index contributed by atoms with van der Waals surface area (Å²) in [6, 6.07) is 1.45. The Bertz CT molecular complexity index is 980. The third-order valence-corrected chi connectivity index (χ3v) is 5.93. The second kappa shape index (κ2) is 6.70. The molecule has 2 bridgehead atoms. The lowest BCUT2D eigenvalue weighted by Gasteiger charge is -2.30. The molecule has 0 spiro atoms. The number of hydrogen-bond acceptors (Lipinski definition) is 7. The summed E-state index contributed by atoms with van der Waals surface area (Å²) in [5, 5.41) is 8.53. The van der Waals surface area contributed by atoms with E-state index >= 15 is 0 Å². The van der Waals surface area contributed by atoms with Crippen LogP contribution in [0, 0.1) is 11.2 Å². The summed E-state index contributed by atoms with van der Waals surface area (Å²) in [7, 11) is -9.07. The van der Waals surface area contributed by atoms with Crippen molar-refractivity contribution >= 4 is 32.3 Å². The molecular formula is C13H15FN4O7S2. The van der Waals surface area contributed by atoms with E-state index in [4.69, 9.17) is 9.96 Å². The number of amidine groups is 1. The van der Waals surface area contributed by atoms with Crippen LogP contribution in [0.25, 0.3) is 0 Å². The van der Waals surface area contributed by atoms with Gasteiger partial charge in [-0.25, -0.2) is 17.6 Å². The quantitative estimate of drug-likeness (QED) is 0.344. The molecular weight excluding hydrogens is 407 g/mol. The normalized spacial score (nSPS) is 22.8. The Morgan fingerprint density at radius 2 is 1.85 bits per heavy atom. The summed E-state index contributed by atoms with van der Waals surface area (Å²) in [5.74, 6) is -1.12. The summed E-state index contributed by atoms with van der Waals surface area (Å²) in [6.07, 6.45) is 0.398. The first-order chi connectivity index (χ1) is 12.5. The van der Waals surface area contributed by atoms with E-state index in [0.29, 0.717) is 5.06 Å². The smallest absolute Gasteiger partial charge is 0.310 e. The Labute approximate surface area is 154 Å². The predicted molar refractivity (Wildman–Crippen MR) is 87.8 cm³/mol. The van der Waals surface area contributed by atoms with Gasteiger partial charge in [0.05, 0.1) is 17.0 Å². The van der Waals surface area contributed by atoms with Gasteiger partial charge in [-0.05, 0) is 37.1 Å². The van der Waals surface area contributed by atoms with Crippen LogP contribution in [0.1, 0.15) is 12.8 Å². The van der Waals surface area contributed by atoms with Crippen LogP contribution in [-0.2, 0) is 24.7 Å². The molecule has 1 aromatic carbocycles. The molecule has 2 saturated heterocycles. The molecule has 0 aromatic heterocycles. The highest BCUT2D eigenvalue weighted by Gasteiger charge is 2.48. The van der Waals surface area contributed by atoms with Gasteiger partial charge in [0.25, 0.3) is 10.0 Å². The standard InChI is InChI=1S/C13H15FN4O7S2/c14-8-1-4-10(5-2-8)26(20,21)16-12(15)11-6-3-9-7-17(11)13(19)18(9)25-27(22,23)24/h1-2,4-5,9,11H,3,6-7H2,(H2,15,16)(H,22,23,24)/t9-,11+/m1/s1. The highest BCUT2D eigenvalue weighted by atomic mass is 32.3. The maximum absolute atomic E-state index is 12.9. The molecule has 0 saturated carbocycles. The summed E-state index contributed by atoms with van der Waals surface area (Å²) in [5.41, 5.74) is 0. The van der Waals surface area contributed by atoms with Gasteiger partial charge < -0.3 is 4.90 Å². The van der Waals surface area contributed by atoms with Crippen LogP contribution in [-0.4, -0.2) is 61.8 Å². The molecule has 2 amide bonds. The number of nitrogens with one attached hydrogen (secondary N) is 2. The average molecular weight is 422 g/mol. The summed E-state index contributed by atoms with van der Waals surface area (Å²) in [6.45, 7) is -0.000322. The minimum Gasteiger partial charge on any atom is -0.310 e. The molecule has 1 aromatic rings. The minimum absolute atomic E-state index is 0.000322. The molecule has 3 rings (SSSR count). The monoisotopic (exact) mass is 422 g/mol. The second-order valence-corrected chi connectivity index (χ2v) is 8.67. The number of rotatable bonds is 5. The van der Waals surface area contributed by atoms with E-state index in [1.54, 1.807) is 0 Å². The number of amides is 2. The topological polar surface area (TPSA) is 157 Å². The van der Waals surface area contributed by atoms with Crippen LogP contribution < -0.4 is 4.72 Å². The fourth-order valence-corrected chi connectivity index (χ4v) is 4.44. The van der Waals surface area contributed by atoms with Gasteiger partial charge in [0, 0.05) is 6.54 Å². The highest BCUT2D eigenvalue weighted by Crippen LogP contribution is 2.31. The van der Waals surface area contributed by atoms with E-state index in [2.05, 4.69) is 4.28 Å². The number of urea groups is 1. The Balaban J connectivity index is 1.75. The zero-order valence-corrected chi connectivity index (χ0v) is 15.2. The molecule has 0 radical (unpaired) electrons. The van der Waals surface area contributed by atoms with Crippen molar-refractivity contribution in [3.05, 3.63) is 30.1 Å². The predicted octanol–water partition coefficient (Wildman–Crippen LogP) is 0.0843. The van der Waals surface area contributed by atoms with Crippen LogP contribution in [0.15, 0.2) is 29.2 Å². The first kappa shape index (κ1) is 19.5. The van der Waals surface area contributed by atoms with Gasteiger partial charge >= 0.3 is 16.4 Å². The molecule has 148 valence electrons. The zero-order valence-electron chi connectivity index (χ0n) is 13.6. The number of piperidine rings is 1. The molecule has 2 aliphatic rings. The molecule has 0 aliphatic carbocycles. The first-order valence-electron chi connectivity index (χ1n) is 7.61. The van der Waals surface area contributed by atoms with Crippen LogP contribution in [0.2, 0.25) is 0 Å². The first-order valence-corrected chi connectivity index (χ1v) is 10.5. The van der Waals surface area contributed by atoms with E-state index in [0.717, 1.165) is 29.2 Å². The van der Waals surface area contributed by atoms with E-state index < -0.39 is 50.2 Å². The third-order valence-electron chi connectivity index (χ3n) is 4.20. The molecule has 2 fully saturated rings. The second-order valence-electron chi connectivity index (χ2n) is 5.98. The number of nitrogens with zero attached hydrogens (tertiary/aromatic N) is 2. The Hall–Kier alpha value is -2.29. The molecule has 14 heteroatoms. The minimum atomic E-state index is -4.90. The number of carbonyl (C=O) groups is 1. The maximum atomic E-state index is 12.9. The molecule has 2 heterocycles. The van der Waals surface area contributed by atoms with Gasteiger partial charge in [-0.2, -0.15) is 13.5 Å². The van der Waals surface area contributed by atoms with Crippen molar-refractivity contribution in [2.75, 3.05) is 6.54 Å². The maximum Gasteiger partial charge on any atom is 0.418 e. The highest BCUT2D eigenvalue weighted by molar-refractivity contribution is 7.90. The zero-order chi connectivity index (χ0) is 20.0. The summed E-state index contributed by atoms with van der Waals surface area (Å²) in [4.78, 5) is 13.1. The van der Waals surface area contributed by atoms with Crippen molar-refractivity contribution in [2.24, 2.45) is 0 Å². The van der Waals surface area contributed by atoms with Crippen LogP contribution in [0.4, 0.5) is 9.18 Å². The number of hydroxylamine groups is 2. The van der Waals surface area contributed by atoms with Gasteiger partial charge in [0.15, 0.2) is 0 Å². The van der Waals surface area contributed by atoms with Crippen molar-refractivity contribution in [3.63, 3.8) is 0 Å². The van der Waals surface area contributed by atoms with Crippen molar-refractivity contribution in [3.8, 4) is 0 Å². The number of carbonyl (C=O) groups excluding carboxylic acids is 1. The Kier molecular flexibility index (Phi) is 4.83. The lowest BCUT2D eigenvalue weighted by atomic mass is 10.0. The van der Waals surface area contributed by atoms with Gasteiger partial charge in [-0.3, -0.25) is 14.7 Å². The van der Waals surface area contributed by atoms with Crippen LogP contribution >= 0.6 is 0 Å². The number of fused-ring (bicyclic) bond motifs is 2.